The Balaban J connectivity index is 1.68. The van der Waals surface area contributed by atoms with Gasteiger partial charge in [0.05, 0.1) is 12.2 Å². The van der Waals surface area contributed by atoms with Crippen LogP contribution in [0.3, 0.4) is 0 Å². The molecule has 0 radical (unpaired) electrons. The van der Waals surface area contributed by atoms with Gasteiger partial charge in [-0.15, -0.1) is 0 Å². The molecular formula is C17H31NO2. The van der Waals surface area contributed by atoms with Crippen molar-refractivity contribution in [2.24, 2.45) is 23.0 Å². The summed E-state index contributed by atoms with van der Waals surface area (Å²) >= 11 is 0. The quantitative estimate of drug-likeness (QED) is 0.846. The van der Waals surface area contributed by atoms with Crippen LogP contribution in [0.2, 0.25) is 0 Å². The lowest BCUT2D eigenvalue weighted by atomic mass is 9.62. The molecule has 4 atom stereocenters. The summed E-state index contributed by atoms with van der Waals surface area (Å²) in [6.07, 6.45) is 8.69. The molecular weight excluding hydrogens is 250 g/mol. The number of rotatable bonds is 2. The summed E-state index contributed by atoms with van der Waals surface area (Å²) in [4.78, 5) is 0. The molecule has 2 heterocycles. The summed E-state index contributed by atoms with van der Waals surface area (Å²) in [6, 6.07) is 0.340. The van der Waals surface area contributed by atoms with Crippen LogP contribution in [0.25, 0.3) is 0 Å². The van der Waals surface area contributed by atoms with Gasteiger partial charge in [0.15, 0.2) is 0 Å². The van der Waals surface area contributed by atoms with E-state index in [-0.39, 0.29) is 5.60 Å². The largest absolute Gasteiger partial charge is 0.378 e. The van der Waals surface area contributed by atoms with Crippen molar-refractivity contribution in [3.63, 3.8) is 0 Å². The smallest absolute Gasteiger partial charge is 0.0939 e. The Morgan fingerprint density at radius 1 is 1.10 bits per heavy atom. The zero-order valence-corrected chi connectivity index (χ0v) is 13.2. The van der Waals surface area contributed by atoms with Gasteiger partial charge >= 0.3 is 0 Å². The molecule has 116 valence electrons. The molecule has 3 heteroatoms. The maximum Gasteiger partial charge on any atom is 0.0939 e. The van der Waals surface area contributed by atoms with Crippen LogP contribution in [-0.4, -0.2) is 31.5 Å². The molecule has 0 bridgehead atoms. The Labute approximate surface area is 123 Å². The van der Waals surface area contributed by atoms with E-state index in [1.165, 1.54) is 25.7 Å². The average Bonchev–Trinajstić information content (AvgIpc) is 2.85. The molecule has 2 N–H and O–H groups in total. The van der Waals surface area contributed by atoms with Gasteiger partial charge in [0.1, 0.15) is 0 Å². The Hall–Kier alpha value is -0.120. The third-order valence-electron chi connectivity index (χ3n) is 6.20. The molecule has 4 unspecified atom stereocenters. The molecule has 1 spiro atoms. The molecule has 2 saturated heterocycles. The maximum absolute atomic E-state index is 6.75. The van der Waals surface area contributed by atoms with Crippen molar-refractivity contribution >= 4 is 0 Å². The second kappa shape index (κ2) is 5.58. The molecule has 3 rings (SSSR count). The van der Waals surface area contributed by atoms with Crippen LogP contribution < -0.4 is 5.73 Å². The third-order valence-corrected chi connectivity index (χ3v) is 6.20. The van der Waals surface area contributed by atoms with Gasteiger partial charge in [-0.05, 0) is 42.9 Å². The fraction of sp³-hybridized carbons (Fsp3) is 1.00. The van der Waals surface area contributed by atoms with Crippen LogP contribution in [0.15, 0.2) is 0 Å². The zero-order chi connectivity index (χ0) is 14.2. The SMILES string of the molecule is CC1(C)CCCCC1C(N)C1CCOC2(CCOC2)C1. The van der Waals surface area contributed by atoms with Crippen molar-refractivity contribution in [3.8, 4) is 0 Å². The fourth-order valence-electron chi connectivity index (χ4n) is 4.82. The number of ether oxygens (including phenoxy) is 2. The van der Waals surface area contributed by atoms with E-state index in [1.807, 2.05) is 0 Å². The molecule has 0 aromatic rings. The van der Waals surface area contributed by atoms with E-state index >= 15 is 0 Å². The topological polar surface area (TPSA) is 44.5 Å². The summed E-state index contributed by atoms with van der Waals surface area (Å²) in [6.45, 7) is 7.35. The van der Waals surface area contributed by atoms with Gasteiger partial charge in [0.25, 0.3) is 0 Å². The lowest BCUT2D eigenvalue weighted by Gasteiger charge is -2.47. The lowest BCUT2D eigenvalue weighted by molar-refractivity contribution is -0.107. The highest BCUT2D eigenvalue weighted by Gasteiger charge is 2.46. The van der Waals surface area contributed by atoms with E-state index in [0.29, 0.717) is 23.3 Å². The van der Waals surface area contributed by atoms with Crippen molar-refractivity contribution in [1.82, 2.24) is 0 Å². The van der Waals surface area contributed by atoms with E-state index in [4.69, 9.17) is 15.2 Å². The van der Waals surface area contributed by atoms with Crippen LogP contribution in [0.4, 0.5) is 0 Å². The Morgan fingerprint density at radius 2 is 1.95 bits per heavy atom. The van der Waals surface area contributed by atoms with Gasteiger partial charge in [-0.1, -0.05) is 26.7 Å². The third kappa shape index (κ3) is 2.77. The van der Waals surface area contributed by atoms with Gasteiger partial charge in [0, 0.05) is 25.7 Å². The molecule has 3 nitrogen and oxygen atoms in total. The van der Waals surface area contributed by atoms with Crippen LogP contribution >= 0.6 is 0 Å². The maximum atomic E-state index is 6.75. The highest BCUT2D eigenvalue weighted by Crippen LogP contribution is 2.46. The van der Waals surface area contributed by atoms with Gasteiger partial charge in [-0.2, -0.15) is 0 Å². The normalized spacial score (nSPS) is 42.8. The molecule has 0 amide bonds. The van der Waals surface area contributed by atoms with Gasteiger partial charge < -0.3 is 15.2 Å². The van der Waals surface area contributed by atoms with Crippen molar-refractivity contribution in [2.45, 2.75) is 70.4 Å². The van der Waals surface area contributed by atoms with Crippen molar-refractivity contribution < 1.29 is 9.47 Å². The second-order valence-corrected chi connectivity index (χ2v) is 8.01. The predicted molar refractivity (Wildman–Crippen MR) is 80.6 cm³/mol. The van der Waals surface area contributed by atoms with E-state index in [0.717, 1.165) is 39.1 Å². The zero-order valence-electron chi connectivity index (χ0n) is 13.2. The first-order valence-corrected chi connectivity index (χ1v) is 8.50. The molecule has 2 aliphatic heterocycles. The highest BCUT2D eigenvalue weighted by molar-refractivity contribution is 4.97. The summed E-state index contributed by atoms with van der Waals surface area (Å²) in [5.41, 5.74) is 7.16. The number of hydrogen-bond donors (Lipinski definition) is 1. The van der Waals surface area contributed by atoms with Gasteiger partial charge in [-0.3, -0.25) is 0 Å². The van der Waals surface area contributed by atoms with E-state index in [2.05, 4.69) is 13.8 Å². The van der Waals surface area contributed by atoms with Crippen LogP contribution in [-0.2, 0) is 9.47 Å². The summed E-state index contributed by atoms with van der Waals surface area (Å²) in [7, 11) is 0. The van der Waals surface area contributed by atoms with Crippen molar-refractivity contribution in [3.05, 3.63) is 0 Å². The van der Waals surface area contributed by atoms with Crippen LogP contribution in [0, 0.1) is 17.3 Å². The van der Waals surface area contributed by atoms with Crippen LogP contribution in [0.5, 0.6) is 0 Å². The number of hydrogen-bond acceptors (Lipinski definition) is 3. The minimum atomic E-state index is -0.000649. The highest BCUT2D eigenvalue weighted by atomic mass is 16.6. The fourth-order valence-corrected chi connectivity index (χ4v) is 4.82. The average molecular weight is 281 g/mol. The Bertz CT molecular complexity index is 336. The van der Waals surface area contributed by atoms with Crippen molar-refractivity contribution in [1.29, 1.82) is 0 Å². The predicted octanol–water partition coefficient (Wildman–Crippen LogP) is 3.12. The molecule has 0 aromatic heterocycles. The van der Waals surface area contributed by atoms with E-state index in [1.54, 1.807) is 0 Å². The minimum Gasteiger partial charge on any atom is -0.378 e. The van der Waals surface area contributed by atoms with Gasteiger partial charge in [0.2, 0.25) is 0 Å². The first kappa shape index (κ1) is 14.8. The monoisotopic (exact) mass is 281 g/mol. The van der Waals surface area contributed by atoms with Gasteiger partial charge in [-0.25, -0.2) is 0 Å². The summed E-state index contributed by atoms with van der Waals surface area (Å²) in [5.74, 6) is 1.30. The molecule has 0 aromatic carbocycles. The summed E-state index contributed by atoms with van der Waals surface area (Å²) in [5, 5.41) is 0. The van der Waals surface area contributed by atoms with E-state index < -0.39 is 0 Å². The summed E-state index contributed by atoms with van der Waals surface area (Å²) < 4.78 is 11.7. The first-order chi connectivity index (χ1) is 9.53. The second-order valence-electron chi connectivity index (χ2n) is 8.01. The van der Waals surface area contributed by atoms with Crippen molar-refractivity contribution in [2.75, 3.05) is 19.8 Å². The molecule has 3 fully saturated rings. The van der Waals surface area contributed by atoms with E-state index in [9.17, 15) is 0 Å². The standard InChI is InChI=1S/C17H31NO2/c1-16(2)7-4-3-5-14(16)15(18)13-6-9-20-17(11-13)8-10-19-12-17/h13-15H,3-12,18H2,1-2H3. The number of nitrogens with two attached hydrogens (primary N) is 1. The first-order valence-electron chi connectivity index (χ1n) is 8.50. The van der Waals surface area contributed by atoms with Crippen LogP contribution in [0.1, 0.15) is 58.8 Å². The molecule has 3 aliphatic rings. The Kier molecular flexibility index (Phi) is 4.13. The molecule has 1 aliphatic carbocycles. The minimum absolute atomic E-state index is 0.000649. The molecule has 20 heavy (non-hydrogen) atoms. The Morgan fingerprint density at radius 3 is 2.65 bits per heavy atom. The molecule has 1 saturated carbocycles. The lowest BCUT2D eigenvalue weighted by Crippen LogP contribution is -2.51.